The second-order valence-corrected chi connectivity index (χ2v) is 13.9. The van der Waals surface area contributed by atoms with Crippen LogP contribution in [0.4, 0.5) is 0 Å². The van der Waals surface area contributed by atoms with E-state index in [0.29, 0.717) is 0 Å². The number of fused-ring (bicyclic) bond motifs is 9. The van der Waals surface area contributed by atoms with Crippen LogP contribution >= 0.6 is 34.0 Å². The van der Waals surface area contributed by atoms with E-state index < -0.39 is 0 Å². The molecule has 0 saturated heterocycles. The maximum Gasteiger partial charge on any atom is 0.349 e. The minimum Gasteiger partial charge on any atom is -0.351 e. The van der Waals surface area contributed by atoms with Crippen molar-refractivity contribution in [2.24, 2.45) is 9.98 Å². The fourth-order valence-electron chi connectivity index (χ4n) is 7.34. The van der Waals surface area contributed by atoms with Crippen LogP contribution in [0.5, 0.6) is 0 Å². The zero-order valence-electron chi connectivity index (χ0n) is 21.1. The number of hydrogen-bond acceptors (Lipinski definition) is 8. The van der Waals surface area contributed by atoms with Gasteiger partial charge >= 0.3 is 5.84 Å². The first-order valence-electron chi connectivity index (χ1n) is 13.3. The number of thiophene rings is 3. The first-order chi connectivity index (χ1) is 19.1. The van der Waals surface area contributed by atoms with Crippen LogP contribution in [0, 0.1) is 40.6 Å². The van der Waals surface area contributed by atoms with Crippen molar-refractivity contribution >= 4 is 76.5 Å². The molecule has 0 atom stereocenters. The van der Waals surface area contributed by atoms with Gasteiger partial charge in [-0.05, 0) is 31.8 Å². The number of hydrogen-bond donors (Lipinski definition) is 0. The van der Waals surface area contributed by atoms with Crippen molar-refractivity contribution in [2.75, 3.05) is 0 Å². The summed E-state index contributed by atoms with van der Waals surface area (Å²) in [6.45, 7) is 7.38. The maximum atomic E-state index is 9.43. The van der Waals surface area contributed by atoms with Crippen LogP contribution in [0.3, 0.4) is 0 Å². The molecule has 2 spiro atoms. The van der Waals surface area contributed by atoms with E-state index in [1.54, 1.807) is 0 Å². The summed E-state index contributed by atoms with van der Waals surface area (Å²) in [4.78, 5) is 15.0. The van der Waals surface area contributed by atoms with Gasteiger partial charge in [-0.2, -0.15) is 10.5 Å². The third-order valence-electron chi connectivity index (χ3n) is 8.96. The van der Waals surface area contributed by atoms with E-state index >= 15 is 0 Å². The molecule has 2 saturated carbocycles. The molecule has 0 unspecified atom stereocenters. The Balaban J connectivity index is 1.44. The molecule has 3 aromatic rings. The number of rotatable bonds is 2. The summed E-state index contributed by atoms with van der Waals surface area (Å²) >= 11 is 5.54. The predicted octanol–water partition coefficient (Wildman–Crippen LogP) is 8.62. The first-order valence-corrected chi connectivity index (χ1v) is 15.8. The number of allylic oxidation sites excluding steroid dienone is 2. The van der Waals surface area contributed by atoms with Gasteiger partial charge in [-0.1, -0.05) is 45.1 Å². The smallest absolute Gasteiger partial charge is 0.349 e. The quantitative estimate of drug-likeness (QED) is 0.177. The van der Waals surface area contributed by atoms with Crippen LogP contribution in [-0.2, 0) is 10.8 Å². The van der Waals surface area contributed by atoms with Crippen molar-refractivity contribution in [3.8, 4) is 18.2 Å². The molecule has 39 heavy (non-hydrogen) atoms. The van der Waals surface area contributed by atoms with Gasteiger partial charge in [0.05, 0.1) is 29.9 Å². The molecular formula is C30H22N6S3. The topological polar surface area (TPSA) is 100 Å². The summed E-state index contributed by atoms with van der Waals surface area (Å²) in [6, 6.07) is 5.89. The van der Waals surface area contributed by atoms with Crippen LogP contribution in [0.15, 0.2) is 21.4 Å². The molecule has 0 N–H and O–H groups in total. The van der Waals surface area contributed by atoms with Crippen molar-refractivity contribution in [1.82, 2.24) is 0 Å². The monoisotopic (exact) mass is 562 g/mol. The minimum absolute atomic E-state index is 0.0721. The lowest BCUT2D eigenvalue weighted by atomic mass is 9.69. The highest BCUT2D eigenvalue weighted by molar-refractivity contribution is 7.39. The molecule has 0 amide bonds. The lowest BCUT2D eigenvalue weighted by Gasteiger charge is -2.35. The molecule has 7 rings (SSSR count). The summed E-state index contributed by atoms with van der Waals surface area (Å²) in [7, 11) is 0. The predicted molar refractivity (Wildman–Crippen MR) is 159 cm³/mol. The molecule has 0 bridgehead atoms. The van der Waals surface area contributed by atoms with Crippen LogP contribution in [-0.4, -0.2) is 11.5 Å². The van der Waals surface area contributed by atoms with E-state index in [-0.39, 0.29) is 22.4 Å². The summed E-state index contributed by atoms with van der Waals surface area (Å²) < 4.78 is 5.35. The van der Waals surface area contributed by atoms with E-state index in [0.717, 1.165) is 62.8 Å². The van der Waals surface area contributed by atoms with Crippen molar-refractivity contribution in [3.05, 3.63) is 43.7 Å². The standard InChI is InChI=1S/C30H22N6S3/c1-34-22(16-33)36-21-13-19-24(30(21)10-6-3-7-11-30)26-28(38-19)27-25(39-26)23-18(37-27)12-20(35-17(14-31)15-32)29(23)8-4-2-5-9-29/h12-13H,2-11H2. The van der Waals surface area contributed by atoms with Gasteiger partial charge in [0.1, 0.15) is 23.9 Å². The third-order valence-corrected chi connectivity index (χ3v) is 12.9. The molecule has 0 aliphatic heterocycles. The van der Waals surface area contributed by atoms with Crippen LogP contribution in [0.25, 0.3) is 35.8 Å². The zero-order valence-corrected chi connectivity index (χ0v) is 23.6. The lowest BCUT2D eigenvalue weighted by Crippen LogP contribution is -2.29. The lowest BCUT2D eigenvalue weighted by molar-refractivity contribution is 0.346. The molecule has 3 heterocycles. The highest BCUT2D eigenvalue weighted by atomic mass is 32.1. The van der Waals surface area contributed by atoms with Gasteiger partial charge in [0.2, 0.25) is 5.71 Å². The Bertz CT molecular complexity index is 1700. The maximum absolute atomic E-state index is 9.43. The van der Waals surface area contributed by atoms with E-state index in [1.807, 2.05) is 52.2 Å². The molecule has 0 aromatic carbocycles. The third kappa shape index (κ3) is 3.31. The summed E-state index contributed by atoms with van der Waals surface area (Å²) in [5, 5.41) is 28.3. The van der Waals surface area contributed by atoms with Gasteiger partial charge in [0.25, 0.3) is 0 Å². The SMILES string of the molecule is [C-]#[N+]C(C#N)=NC1=Cc2sc3c(sc4c5c(sc43)C=C(N=C(C#N)C#N)C53CCCCC3)c2C12CCCCC2. The minimum atomic E-state index is -0.228. The van der Waals surface area contributed by atoms with Crippen LogP contribution in [0.2, 0.25) is 0 Å². The normalized spacial score (nSPS) is 20.6. The summed E-state index contributed by atoms with van der Waals surface area (Å²) in [5.74, 6) is -0.0879. The summed E-state index contributed by atoms with van der Waals surface area (Å²) in [5.41, 5.74) is 3.98. The zero-order chi connectivity index (χ0) is 26.8. The highest BCUT2D eigenvalue weighted by Gasteiger charge is 2.50. The Morgan fingerprint density at radius 3 is 1.62 bits per heavy atom. The van der Waals surface area contributed by atoms with E-state index in [9.17, 15) is 15.8 Å². The van der Waals surface area contributed by atoms with E-state index in [1.165, 1.54) is 52.5 Å². The molecule has 4 aliphatic carbocycles. The second kappa shape index (κ2) is 8.97. The van der Waals surface area contributed by atoms with Gasteiger partial charge in [0, 0.05) is 32.4 Å². The average molecular weight is 563 g/mol. The summed E-state index contributed by atoms with van der Waals surface area (Å²) in [6.07, 6.45) is 15.1. The molecule has 190 valence electrons. The van der Waals surface area contributed by atoms with Crippen molar-refractivity contribution in [3.63, 3.8) is 0 Å². The van der Waals surface area contributed by atoms with Crippen molar-refractivity contribution in [2.45, 2.75) is 75.0 Å². The Morgan fingerprint density at radius 1 is 0.692 bits per heavy atom. The van der Waals surface area contributed by atoms with Gasteiger partial charge < -0.3 is 4.85 Å². The van der Waals surface area contributed by atoms with Crippen molar-refractivity contribution in [1.29, 1.82) is 15.8 Å². The van der Waals surface area contributed by atoms with E-state index in [4.69, 9.17) is 6.57 Å². The van der Waals surface area contributed by atoms with Gasteiger partial charge in [-0.25, -0.2) is 10.3 Å². The number of amidine groups is 1. The van der Waals surface area contributed by atoms with Crippen LogP contribution in [0.1, 0.15) is 85.1 Å². The molecule has 4 aliphatic rings. The number of nitrogens with zero attached hydrogens (tertiary/aromatic N) is 6. The Morgan fingerprint density at radius 2 is 1.18 bits per heavy atom. The number of nitriles is 3. The molecule has 3 aromatic heterocycles. The highest BCUT2D eigenvalue weighted by Crippen LogP contribution is 2.63. The molecule has 0 radical (unpaired) electrons. The first kappa shape index (κ1) is 24.4. The van der Waals surface area contributed by atoms with Gasteiger partial charge in [0.15, 0.2) is 0 Å². The molecule has 9 heteroatoms. The Kier molecular flexibility index (Phi) is 5.62. The second-order valence-electron chi connectivity index (χ2n) is 10.8. The Hall–Kier alpha value is -3.60. The van der Waals surface area contributed by atoms with Gasteiger partial charge in [-0.3, -0.25) is 0 Å². The van der Waals surface area contributed by atoms with E-state index in [2.05, 4.69) is 27.0 Å². The van der Waals surface area contributed by atoms with Crippen LogP contribution < -0.4 is 0 Å². The number of aliphatic imine (C=N–C) groups is 2. The fraction of sp³-hybridized carbons (Fsp3) is 0.400. The van der Waals surface area contributed by atoms with Gasteiger partial charge in [-0.15, -0.1) is 39.0 Å². The fourth-order valence-corrected chi connectivity index (χ4v) is 12.1. The molecular weight excluding hydrogens is 541 g/mol. The largest absolute Gasteiger partial charge is 0.351 e. The molecule has 6 nitrogen and oxygen atoms in total. The molecule has 2 fully saturated rings. The average Bonchev–Trinajstić information content (AvgIpc) is 3.72. The Labute approximate surface area is 238 Å². The van der Waals surface area contributed by atoms with Crippen molar-refractivity contribution < 1.29 is 0 Å².